The number of nitrogens with two attached hydrogens (primary N) is 1. The Hall–Kier alpha value is -0.350. The fourth-order valence-electron chi connectivity index (χ4n) is 1.92. The molecule has 1 aliphatic heterocycles. The monoisotopic (exact) mass is 215 g/mol. The Morgan fingerprint density at radius 3 is 2.29 bits per heavy atom. The molecular weight excluding hydrogens is 194 g/mol. The molecule has 0 radical (unpaired) electrons. The normalized spacial score (nSPS) is 19.4. The van der Waals surface area contributed by atoms with Crippen molar-refractivity contribution in [2.24, 2.45) is 5.73 Å². The van der Waals surface area contributed by atoms with Gasteiger partial charge in [0.2, 0.25) is 0 Å². The summed E-state index contributed by atoms with van der Waals surface area (Å²) in [7, 11) is 2.20. The quantitative estimate of drug-likeness (QED) is 0.698. The van der Waals surface area contributed by atoms with Crippen LogP contribution < -0.4 is 5.73 Å². The van der Waals surface area contributed by atoms with Crippen molar-refractivity contribution >= 4 is 17.3 Å². The minimum Gasteiger partial charge on any atom is -0.376 e. The highest BCUT2D eigenvalue weighted by Crippen LogP contribution is 2.16. The van der Waals surface area contributed by atoms with Crippen molar-refractivity contribution in [2.45, 2.75) is 38.8 Å². The average Bonchev–Trinajstić information content (AvgIpc) is 2.16. The number of hydrogen-bond acceptors (Lipinski definition) is 2. The Labute approximate surface area is 92.2 Å². The summed E-state index contributed by atoms with van der Waals surface area (Å²) in [6.45, 7) is 6.49. The van der Waals surface area contributed by atoms with Crippen LogP contribution >= 0.6 is 12.2 Å². The van der Waals surface area contributed by atoms with Crippen LogP contribution in [0.5, 0.6) is 0 Å². The molecular formula is C10H21N3S. The zero-order valence-corrected chi connectivity index (χ0v) is 10.2. The van der Waals surface area contributed by atoms with Crippen LogP contribution in [0.15, 0.2) is 0 Å². The molecule has 1 heterocycles. The van der Waals surface area contributed by atoms with Gasteiger partial charge in [0.05, 0.1) is 0 Å². The van der Waals surface area contributed by atoms with Gasteiger partial charge in [0, 0.05) is 25.2 Å². The topological polar surface area (TPSA) is 32.5 Å². The van der Waals surface area contributed by atoms with Gasteiger partial charge in [-0.15, -0.1) is 0 Å². The summed E-state index contributed by atoms with van der Waals surface area (Å²) < 4.78 is 0. The lowest BCUT2D eigenvalue weighted by atomic mass is 10.0. The number of rotatable bonds is 2. The maximum absolute atomic E-state index is 5.59. The minimum atomic E-state index is 0.552. The van der Waals surface area contributed by atoms with Crippen LogP contribution in [-0.2, 0) is 0 Å². The third kappa shape index (κ3) is 2.82. The van der Waals surface area contributed by atoms with Gasteiger partial charge in [0.25, 0.3) is 0 Å². The molecule has 0 amide bonds. The molecule has 3 nitrogen and oxygen atoms in total. The van der Waals surface area contributed by atoms with E-state index in [0.29, 0.717) is 17.2 Å². The van der Waals surface area contributed by atoms with Crippen molar-refractivity contribution in [3.63, 3.8) is 0 Å². The highest BCUT2D eigenvalue weighted by atomic mass is 32.1. The first-order valence-corrected chi connectivity index (χ1v) is 5.69. The van der Waals surface area contributed by atoms with E-state index in [1.807, 2.05) is 0 Å². The van der Waals surface area contributed by atoms with Gasteiger partial charge in [-0.3, -0.25) is 0 Å². The number of piperidine rings is 1. The van der Waals surface area contributed by atoms with Gasteiger partial charge < -0.3 is 15.5 Å². The Balaban J connectivity index is 2.39. The van der Waals surface area contributed by atoms with Gasteiger partial charge in [-0.2, -0.15) is 0 Å². The van der Waals surface area contributed by atoms with Crippen LogP contribution in [0.2, 0.25) is 0 Å². The first-order valence-electron chi connectivity index (χ1n) is 5.28. The molecule has 0 spiro atoms. The lowest BCUT2D eigenvalue weighted by Gasteiger charge is -2.38. The van der Waals surface area contributed by atoms with Crippen molar-refractivity contribution < 1.29 is 0 Å². The van der Waals surface area contributed by atoms with Crippen LogP contribution in [0.4, 0.5) is 0 Å². The fourth-order valence-corrected chi connectivity index (χ4v) is 2.10. The third-order valence-electron chi connectivity index (χ3n) is 3.17. The molecule has 0 saturated carbocycles. The van der Waals surface area contributed by atoms with Crippen LogP contribution in [0.25, 0.3) is 0 Å². The summed E-state index contributed by atoms with van der Waals surface area (Å²) in [6.07, 6.45) is 2.35. The predicted molar refractivity (Wildman–Crippen MR) is 64.3 cm³/mol. The highest BCUT2D eigenvalue weighted by molar-refractivity contribution is 7.80. The first kappa shape index (κ1) is 11.7. The largest absolute Gasteiger partial charge is 0.376 e. The molecule has 2 N–H and O–H groups in total. The van der Waals surface area contributed by atoms with Crippen LogP contribution in [0.3, 0.4) is 0 Å². The molecule has 1 fully saturated rings. The molecule has 4 heteroatoms. The Bertz CT molecular complexity index is 198. The molecule has 0 aliphatic carbocycles. The Kier molecular flexibility index (Phi) is 4.13. The van der Waals surface area contributed by atoms with Crippen LogP contribution in [0.1, 0.15) is 26.7 Å². The van der Waals surface area contributed by atoms with E-state index in [-0.39, 0.29) is 0 Å². The molecule has 0 bridgehead atoms. The van der Waals surface area contributed by atoms with Crippen LogP contribution in [0, 0.1) is 0 Å². The highest BCUT2D eigenvalue weighted by Gasteiger charge is 2.23. The fraction of sp³-hybridized carbons (Fsp3) is 0.900. The van der Waals surface area contributed by atoms with Crippen molar-refractivity contribution in [3.8, 4) is 0 Å². The van der Waals surface area contributed by atoms with Crippen molar-refractivity contribution in [1.29, 1.82) is 0 Å². The van der Waals surface area contributed by atoms with Gasteiger partial charge in [0.15, 0.2) is 5.11 Å². The minimum absolute atomic E-state index is 0.552. The average molecular weight is 215 g/mol. The maximum atomic E-state index is 5.59. The van der Waals surface area contributed by atoms with E-state index in [4.69, 9.17) is 18.0 Å². The van der Waals surface area contributed by atoms with Gasteiger partial charge in [-0.1, -0.05) is 0 Å². The van der Waals surface area contributed by atoms with Crippen molar-refractivity contribution in [3.05, 3.63) is 0 Å². The zero-order valence-electron chi connectivity index (χ0n) is 9.36. The Morgan fingerprint density at radius 2 is 1.93 bits per heavy atom. The second kappa shape index (κ2) is 4.94. The molecule has 1 aliphatic rings. The van der Waals surface area contributed by atoms with Crippen molar-refractivity contribution in [1.82, 2.24) is 9.80 Å². The van der Waals surface area contributed by atoms with Gasteiger partial charge in [0.1, 0.15) is 0 Å². The molecule has 0 aromatic heterocycles. The molecule has 14 heavy (non-hydrogen) atoms. The maximum Gasteiger partial charge on any atom is 0.166 e. The van der Waals surface area contributed by atoms with E-state index >= 15 is 0 Å². The number of thiocarbonyl (C=S) groups is 1. The van der Waals surface area contributed by atoms with E-state index < -0.39 is 0 Å². The molecule has 0 aromatic carbocycles. The lowest BCUT2D eigenvalue weighted by Crippen LogP contribution is -2.48. The molecule has 0 unspecified atom stereocenters. The second-order valence-corrected chi connectivity index (χ2v) is 4.73. The Morgan fingerprint density at radius 1 is 1.43 bits per heavy atom. The number of likely N-dealkylation sites (tertiary alicyclic amines) is 1. The summed E-state index contributed by atoms with van der Waals surface area (Å²) in [6, 6.07) is 1.32. The predicted octanol–water partition coefficient (Wildman–Crippen LogP) is 1.03. The number of nitrogens with zero attached hydrogens (tertiary/aromatic N) is 2. The first-order chi connectivity index (χ1) is 6.52. The SMILES string of the molecule is CC(C)N(C)C1CCN(C(N)=S)CC1. The molecule has 0 aromatic rings. The zero-order chi connectivity index (χ0) is 10.7. The lowest BCUT2D eigenvalue weighted by molar-refractivity contribution is 0.135. The van der Waals surface area contributed by atoms with E-state index in [2.05, 4.69) is 30.7 Å². The van der Waals surface area contributed by atoms with E-state index in [0.717, 1.165) is 13.1 Å². The third-order valence-corrected chi connectivity index (χ3v) is 3.42. The molecule has 82 valence electrons. The standard InChI is InChI=1S/C10H21N3S/c1-8(2)12(3)9-4-6-13(7-5-9)10(11)14/h8-9H,4-7H2,1-3H3,(H2,11,14). The van der Waals surface area contributed by atoms with E-state index in [1.54, 1.807) is 0 Å². The summed E-state index contributed by atoms with van der Waals surface area (Å²) in [4.78, 5) is 4.54. The summed E-state index contributed by atoms with van der Waals surface area (Å²) in [5, 5.41) is 0.552. The van der Waals surface area contributed by atoms with E-state index in [1.165, 1.54) is 12.8 Å². The summed E-state index contributed by atoms with van der Waals surface area (Å²) >= 11 is 4.96. The van der Waals surface area contributed by atoms with Gasteiger partial charge >= 0.3 is 0 Å². The molecule has 0 atom stereocenters. The summed E-state index contributed by atoms with van der Waals surface area (Å²) in [5.74, 6) is 0. The van der Waals surface area contributed by atoms with Gasteiger partial charge in [-0.25, -0.2) is 0 Å². The van der Waals surface area contributed by atoms with Crippen LogP contribution in [-0.4, -0.2) is 47.1 Å². The smallest absolute Gasteiger partial charge is 0.166 e. The van der Waals surface area contributed by atoms with Crippen molar-refractivity contribution in [2.75, 3.05) is 20.1 Å². The van der Waals surface area contributed by atoms with Gasteiger partial charge in [-0.05, 0) is 46.0 Å². The second-order valence-electron chi connectivity index (χ2n) is 4.32. The van der Waals surface area contributed by atoms with E-state index in [9.17, 15) is 0 Å². The molecule has 1 rings (SSSR count). The summed E-state index contributed by atoms with van der Waals surface area (Å²) in [5.41, 5.74) is 5.59. The number of hydrogen-bond donors (Lipinski definition) is 1. The molecule has 1 saturated heterocycles.